The van der Waals surface area contributed by atoms with Crippen molar-refractivity contribution >= 4 is 16.9 Å². The number of benzene rings is 3. The van der Waals surface area contributed by atoms with Gasteiger partial charge in [-0.2, -0.15) is 4.89 Å². The molecule has 0 aliphatic carbocycles. The fraction of sp³-hybridized carbons (Fsp3) is 0.241. The van der Waals surface area contributed by atoms with Crippen molar-refractivity contribution in [1.82, 2.24) is 0 Å². The molecule has 1 aromatic heterocycles. The van der Waals surface area contributed by atoms with E-state index in [9.17, 15) is 9.59 Å². The van der Waals surface area contributed by atoms with Gasteiger partial charge in [-0.25, -0.2) is 4.79 Å². The predicted molar refractivity (Wildman–Crippen MR) is 135 cm³/mol. The van der Waals surface area contributed by atoms with Gasteiger partial charge in [-0.15, -0.1) is 0 Å². The number of ether oxygens (including phenoxy) is 2. The highest BCUT2D eigenvalue weighted by molar-refractivity contribution is 5.90. The van der Waals surface area contributed by atoms with Crippen LogP contribution in [0, 0.1) is 0 Å². The number of hydrogen-bond acceptors (Lipinski definition) is 7. The number of esters is 1. The fourth-order valence-corrected chi connectivity index (χ4v) is 3.63. The molecule has 7 nitrogen and oxygen atoms in total. The first-order valence-corrected chi connectivity index (χ1v) is 11.9. The fourth-order valence-electron chi connectivity index (χ4n) is 3.63. The van der Waals surface area contributed by atoms with Gasteiger partial charge in [0.15, 0.2) is 11.0 Å². The van der Waals surface area contributed by atoms with E-state index >= 15 is 0 Å². The van der Waals surface area contributed by atoms with Crippen LogP contribution in [0.5, 0.6) is 11.5 Å². The molecule has 7 heteroatoms. The molecule has 0 bridgehead atoms. The summed E-state index contributed by atoms with van der Waals surface area (Å²) in [4.78, 5) is 35.2. The Hall–Kier alpha value is -4.10. The van der Waals surface area contributed by atoms with Crippen LogP contribution in [0.1, 0.15) is 41.4 Å². The number of para-hydroxylation sites is 1. The first-order chi connectivity index (χ1) is 17.6. The zero-order valence-corrected chi connectivity index (χ0v) is 20.1. The van der Waals surface area contributed by atoms with Gasteiger partial charge in [-0.3, -0.25) is 4.79 Å². The Labute approximate surface area is 209 Å². The van der Waals surface area contributed by atoms with Gasteiger partial charge in [0.1, 0.15) is 12.4 Å². The minimum atomic E-state index is -0.717. The number of aryl methyl sites for hydroxylation is 1. The molecule has 0 spiro atoms. The van der Waals surface area contributed by atoms with E-state index in [-0.39, 0.29) is 41.1 Å². The summed E-state index contributed by atoms with van der Waals surface area (Å²) in [6, 6.07) is 23.9. The molecule has 0 fully saturated rings. The third-order valence-corrected chi connectivity index (χ3v) is 5.46. The van der Waals surface area contributed by atoms with Crippen LogP contribution in [0.3, 0.4) is 0 Å². The molecule has 186 valence electrons. The molecule has 0 radical (unpaired) electrons. The predicted octanol–water partition coefficient (Wildman–Crippen LogP) is 5.88. The highest BCUT2D eigenvalue weighted by Crippen LogP contribution is 2.25. The van der Waals surface area contributed by atoms with Gasteiger partial charge in [0, 0.05) is 6.07 Å². The van der Waals surface area contributed by atoms with E-state index in [4.69, 9.17) is 23.7 Å². The van der Waals surface area contributed by atoms with Crippen LogP contribution < -0.4 is 15.1 Å². The minimum Gasteiger partial charge on any atom is -0.494 e. The molecule has 0 amide bonds. The maximum absolute atomic E-state index is 12.4. The number of rotatable bonds is 12. The summed E-state index contributed by atoms with van der Waals surface area (Å²) in [6.07, 6.45) is 3.10. The molecule has 1 heterocycles. The second kappa shape index (κ2) is 12.6. The molecule has 36 heavy (non-hydrogen) atoms. The van der Waals surface area contributed by atoms with Gasteiger partial charge in [0.05, 0.1) is 18.6 Å². The number of unbranched alkanes of at least 4 members (excludes halogenated alkanes) is 1. The normalized spacial score (nSPS) is 10.8. The quantitative estimate of drug-likeness (QED) is 0.107. The Morgan fingerprint density at radius 3 is 2.47 bits per heavy atom. The van der Waals surface area contributed by atoms with Crippen molar-refractivity contribution in [1.29, 1.82) is 0 Å². The first kappa shape index (κ1) is 25.0. The van der Waals surface area contributed by atoms with Crippen LogP contribution in [0.4, 0.5) is 0 Å². The lowest BCUT2D eigenvalue weighted by Gasteiger charge is -2.09. The Bertz CT molecular complexity index is 1330. The van der Waals surface area contributed by atoms with Gasteiger partial charge in [-0.05, 0) is 61.6 Å². The maximum atomic E-state index is 12.4. The minimum absolute atomic E-state index is 0.115. The molecule has 4 rings (SSSR count). The highest BCUT2D eigenvalue weighted by atomic mass is 17.2. The maximum Gasteiger partial charge on any atom is 0.374 e. The smallest absolute Gasteiger partial charge is 0.374 e. The number of hydrogen-bond donors (Lipinski definition) is 0. The lowest BCUT2D eigenvalue weighted by atomic mass is 10.1. The van der Waals surface area contributed by atoms with E-state index in [0.29, 0.717) is 6.61 Å². The van der Waals surface area contributed by atoms with Crippen molar-refractivity contribution in [2.24, 2.45) is 0 Å². The SMILES string of the molecule is CCOC(=O)c1cc(=O)c2cccc(OOCc3ccc(OCCCCc4ccccc4)cc3)c2o1. The van der Waals surface area contributed by atoms with Crippen molar-refractivity contribution in [2.75, 3.05) is 13.2 Å². The largest absolute Gasteiger partial charge is 0.494 e. The third-order valence-electron chi connectivity index (χ3n) is 5.46. The first-order valence-electron chi connectivity index (χ1n) is 11.9. The van der Waals surface area contributed by atoms with Gasteiger partial charge >= 0.3 is 5.97 Å². The summed E-state index contributed by atoms with van der Waals surface area (Å²) in [5, 5.41) is 0.273. The molecular weight excluding hydrogens is 460 g/mol. The van der Waals surface area contributed by atoms with E-state index in [2.05, 4.69) is 24.3 Å². The monoisotopic (exact) mass is 488 g/mol. The molecule has 4 aromatic rings. The van der Waals surface area contributed by atoms with Gasteiger partial charge in [0.2, 0.25) is 11.5 Å². The molecule has 0 saturated heterocycles. The van der Waals surface area contributed by atoms with Crippen molar-refractivity contribution < 1.29 is 28.5 Å². The Morgan fingerprint density at radius 1 is 0.889 bits per heavy atom. The highest BCUT2D eigenvalue weighted by Gasteiger charge is 2.16. The van der Waals surface area contributed by atoms with E-state index in [0.717, 1.165) is 36.6 Å². The number of carbonyl (C=O) groups excluding carboxylic acids is 1. The number of carbonyl (C=O) groups is 1. The molecule has 0 unspecified atom stereocenters. The second-order valence-corrected chi connectivity index (χ2v) is 8.11. The van der Waals surface area contributed by atoms with Gasteiger partial charge in [0.25, 0.3) is 0 Å². The van der Waals surface area contributed by atoms with Crippen LogP contribution in [0.2, 0.25) is 0 Å². The Kier molecular flexibility index (Phi) is 8.72. The molecule has 0 atom stereocenters. The molecular formula is C29H28O7. The summed E-state index contributed by atoms with van der Waals surface area (Å²) < 4.78 is 16.3. The lowest BCUT2D eigenvalue weighted by Crippen LogP contribution is -2.10. The lowest BCUT2D eigenvalue weighted by molar-refractivity contribution is -0.216. The molecule has 0 aliphatic rings. The van der Waals surface area contributed by atoms with E-state index < -0.39 is 5.97 Å². The Balaban J connectivity index is 1.27. The van der Waals surface area contributed by atoms with Crippen LogP contribution in [-0.4, -0.2) is 19.2 Å². The average Bonchev–Trinajstić information content (AvgIpc) is 2.90. The zero-order chi connectivity index (χ0) is 25.2. The van der Waals surface area contributed by atoms with Crippen LogP contribution in [0.15, 0.2) is 88.1 Å². The summed E-state index contributed by atoms with van der Waals surface area (Å²) >= 11 is 0. The molecule has 0 saturated carbocycles. The molecule has 3 aromatic carbocycles. The van der Waals surface area contributed by atoms with E-state index in [1.807, 2.05) is 30.3 Å². The number of fused-ring (bicyclic) bond motifs is 1. The van der Waals surface area contributed by atoms with Crippen LogP contribution in [0.25, 0.3) is 11.0 Å². The van der Waals surface area contributed by atoms with Crippen molar-refractivity contribution in [3.8, 4) is 11.5 Å². The summed E-state index contributed by atoms with van der Waals surface area (Å²) in [5.74, 6) is 0.0692. The van der Waals surface area contributed by atoms with E-state index in [1.165, 1.54) is 5.56 Å². The van der Waals surface area contributed by atoms with E-state index in [1.54, 1.807) is 25.1 Å². The van der Waals surface area contributed by atoms with Crippen molar-refractivity contribution in [2.45, 2.75) is 32.8 Å². The summed E-state index contributed by atoms with van der Waals surface area (Å²) in [6.45, 7) is 2.66. The molecule has 0 aliphatic heterocycles. The Morgan fingerprint density at radius 2 is 1.69 bits per heavy atom. The second-order valence-electron chi connectivity index (χ2n) is 8.11. The van der Waals surface area contributed by atoms with Gasteiger partial charge < -0.3 is 18.8 Å². The van der Waals surface area contributed by atoms with Crippen molar-refractivity contribution in [3.63, 3.8) is 0 Å². The summed E-state index contributed by atoms with van der Waals surface area (Å²) in [7, 11) is 0. The molecule has 0 N–H and O–H groups in total. The average molecular weight is 489 g/mol. The van der Waals surface area contributed by atoms with Crippen LogP contribution >= 0.6 is 0 Å². The van der Waals surface area contributed by atoms with Crippen molar-refractivity contribution in [3.05, 3.63) is 106 Å². The van der Waals surface area contributed by atoms with Crippen LogP contribution in [-0.2, 0) is 22.7 Å². The standard InChI is InChI=1S/C29H28O7/c1-2-32-29(31)27-19-25(30)24-12-8-13-26(28(24)35-27)36-34-20-22-14-16-23(17-15-22)33-18-7-6-11-21-9-4-3-5-10-21/h3-5,8-10,12-17,19H,2,6-7,11,18,20H2,1H3. The van der Waals surface area contributed by atoms with Gasteiger partial charge in [-0.1, -0.05) is 48.5 Å². The summed E-state index contributed by atoms with van der Waals surface area (Å²) in [5.41, 5.74) is 1.96. The topological polar surface area (TPSA) is 84.2 Å². The third kappa shape index (κ3) is 6.73. The zero-order valence-electron chi connectivity index (χ0n) is 20.1.